The van der Waals surface area contributed by atoms with Crippen LogP contribution in [0.2, 0.25) is 0 Å². The van der Waals surface area contributed by atoms with Crippen LogP contribution in [0.1, 0.15) is 45.5 Å². The van der Waals surface area contributed by atoms with Gasteiger partial charge in [-0.2, -0.15) is 0 Å². The SMILES string of the molecule is CC(C)CCC(C)n1c(CCCl)nc2cc(Br)cnc21. The van der Waals surface area contributed by atoms with Crippen molar-refractivity contribution < 1.29 is 0 Å². The molecule has 0 aromatic carbocycles. The molecule has 0 aliphatic carbocycles. The summed E-state index contributed by atoms with van der Waals surface area (Å²) in [5, 5.41) is 0. The largest absolute Gasteiger partial charge is 0.310 e. The summed E-state index contributed by atoms with van der Waals surface area (Å²) >= 11 is 9.37. The molecule has 20 heavy (non-hydrogen) atoms. The first-order valence-corrected chi connectivity index (χ1v) is 8.44. The third-order valence-electron chi connectivity index (χ3n) is 3.49. The third-order valence-corrected chi connectivity index (χ3v) is 4.11. The molecule has 3 nitrogen and oxygen atoms in total. The van der Waals surface area contributed by atoms with Crippen molar-refractivity contribution in [2.75, 3.05) is 5.88 Å². The van der Waals surface area contributed by atoms with E-state index >= 15 is 0 Å². The van der Waals surface area contributed by atoms with Crippen molar-refractivity contribution in [3.8, 4) is 0 Å². The minimum atomic E-state index is 0.397. The smallest absolute Gasteiger partial charge is 0.160 e. The fourth-order valence-electron chi connectivity index (χ4n) is 2.43. The monoisotopic (exact) mass is 357 g/mol. The Balaban J connectivity index is 2.39. The van der Waals surface area contributed by atoms with E-state index in [-0.39, 0.29) is 0 Å². The van der Waals surface area contributed by atoms with Gasteiger partial charge in [-0.3, -0.25) is 0 Å². The maximum absolute atomic E-state index is 5.92. The molecule has 0 aliphatic rings. The van der Waals surface area contributed by atoms with Gasteiger partial charge in [-0.15, -0.1) is 11.6 Å². The molecule has 2 aromatic rings. The van der Waals surface area contributed by atoms with Gasteiger partial charge in [-0.1, -0.05) is 13.8 Å². The minimum Gasteiger partial charge on any atom is -0.310 e. The number of aromatic nitrogens is 3. The van der Waals surface area contributed by atoms with Crippen LogP contribution in [0.4, 0.5) is 0 Å². The zero-order valence-corrected chi connectivity index (χ0v) is 14.6. The van der Waals surface area contributed by atoms with Gasteiger partial charge in [0.2, 0.25) is 0 Å². The molecular weight excluding hydrogens is 338 g/mol. The van der Waals surface area contributed by atoms with Crippen LogP contribution < -0.4 is 0 Å². The molecule has 0 amide bonds. The summed E-state index contributed by atoms with van der Waals surface area (Å²) in [5.41, 5.74) is 1.90. The van der Waals surface area contributed by atoms with Crippen molar-refractivity contribution in [2.45, 2.75) is 46.1 Å². The van der Waals surface area contributed by atoms with E-state index in [1.807, 2.05) is 12.3 Å². The van der Waals surface area contributed by atoms with Gasteiger partial charge in [0.1, 0.15) is 11.3 Å². The average Bonchev–Trinajstić information content (AvgIpc) is 2.73. The Morgan fingerprint density at radius 2 is 2.05 bits per heavy atom. The Bertz CT molecular complexity index is 580. The van der Waals surface area contributed by atoms with Crippen LogP contribution in [0.25, 0.3) is 11.2 Å². The molecule has 0 saturated carbocycles. The quantitative estimate of drug-likeness (QED) is 0.682. The zero-order chi connectivity index (χ0) is 14.7. The van der Waals surface area contributed by atoms with Crippen LogP contribution >= 0.6 is 27.5 Å². The topological polar surface area (TPSA) is 30.7 Å². The van der Waals surface area contributed by atoms with Crippen LogP contribution in [0.3, 0.4) is 0 Å². The third kappa shape index (κ3) is 3.53. The first-order valence-electron chi connectivity index (χ1n) is 7.11. The molecule has 0 fully saturated rings. The number of nitrogens with zero attached hydrogens (tertiary/aromatic N) is 3. The van der Waals surface area contributed by atoms with E-state index in [4.69, 9.17) is 16.6 Å². The van der Waals surface area contributed by atoms with Gasteiger partial charge in [0.15, 0.2) is 5.65 Å². The highest BCUT2D eigenvalue weighted by atomic mass is 79.9. The highest BCUT2D eigenvalue weighted by Crippen LogP contribution is 2.26. The van der Waals surface area contributed by atoms with Gasteiger partial charge < -0.3 is 4.57 Å². The van der Waals surface area contributed by atoms with E-state index in [9.17, 15) is 0 Å². The second-order valence-corrected chi connectivity index (χ2v) is 6.95. The molecule has 0 saturated heterocycles. The number of rotatable bonds is 6. The molecule has 1 unspecified atom stereocenters. The highest BCUT2D eigenvalue weighted by Gasteiger charge is 2.17. The lowest BCUT2D eigenvalue weighted by Crippen LogP contribution is -2.11. The number of aryl methyl sites for hydroxylation is 1. The molecular formula is C15H21BrClN3. The number of imidazole rings is 1. The number of alkyl halides is 1. The molecule has 2 heterocycles. The lowest BCUT2D eigenvalue weighted by atomic mass is 10.0. The van der Waals surface area contributed by atoms with Crippen molar-refractivity contribution in [1.29, 1.82) is 0 Å². The van der Waals surface area contributed by atoms with Gasteiger partial charge >= 0.3 is 0 Å². The van der Waals surface area contributed by atoms with Crippen molar-refractivity contribution in [2.24, 2.45) is 5.92 Å². The zero-order valence-electron chi connectivity index (χ0n) is 12.2. The summed E-state index contributed by atoms with van der Waals surface area (Å²) in [4.78, 5) is 9.24. The normalized spacial score (nSPS) is 13.3. The first kappa shape index (κ1) is 15.8. The molecule has 0 aliphatic heterocycles. The first-order chi connectivity index (χ1) is 9.52. The molecule has 0 bridgehead atoms. The van der Waals surface area contributed by atoms with Gasteiger partial charge in [0.05, 0.1) is 0 Å². The summed E-state index contributed by atoms with van der Waals surface area (Å²) in [7, 11) is 0. The van der Waals surface area contributed by atoms with Crippen LogP contribution in [0, 0.1) is 5.92 Å². The maximum Gasteiger partial charge on any atom is 0.160 e. The van der Waals surface area contributed by atoms with E-state index in [2.05, 4.69) is 46.3 Å². The number of hydrogen-bond acceptors (Lipinski definition) is 2. The fraction of sp³-hybridized carbons (Fsp3) is 0.600. The van der Waals surface area contributed by atoms with Gasteiger partial charge in [-0.25, -0.2) is 9.97 Å². The molecule has 2 aromatic heterocycles. The summed E-state index contributed by atoms with van der Waals surface area (Å²) in [6.45, 7) is 6.76. The van der Waals surface area contributed by atoms with E-state index in [0.717, 1.165) is 34.3 Å². The van der Waals surface area contributed by atoms with Crippen molar-refractivity contribution >= 4 is 38.7 Å². The van der Waals surface area contributed by atoms with Gasteiger partial charge in [0.25, 0.3) is 0 Å². The van der Waals surface area contributed by atoms with E-state index in [1.165, 1.54) is 6.42 Å². The maximum atomic E-state index is 5.92. The Hall–Kier alpha value is -0.610. The van der Waals surface area contributed by atoms with E-state index in [0.29, 0.717) is 17.8 Å². The number of hydrogen-bond donors (Lipinski definition) is 0. The van der Waals surface area contributed by atoms with E-state index in [1.54, 1.807) is 0 Å². The predicted octanol–water partition coefficient (Wildman–Crippen LogP) is 4.97. The Morgan fingerprint density at radius 3 is 2.70 bits per heavy atom. The predicted molar refractivity (Wildman–Crippen MR) is 88.4 cm³/mol. The lowest BCUT2D eigenvalue weighted by molar-refractivity contribution is 0.436. The number of pyridine rings is 1. The Morgan fingerprint density at radius 1 is 1.30 bits per heavy atom. The van der Waals surface area contributed by atoms with Crippen LogP contribution in [-0.2, 0) is 6.42 Å². The van der Waals surface area contributed by atoms with Crippen LogP contribution in [0.15, 0.2) is 16.7 Å². The summed E-state index contributed by atoms with van der Waals surface area (Å²) in [6, 6.07) is 2.42. The summed E-state index contributed by atoms with van der Waals surface area (Å²) < 4.78 is 3.22. The summed E-state index contributed by atoms with van der Waals surface area (Å²) in [6.07, 6.45) is 4.95. The van der Waals surface area contributed by atoms with Crippen molar-refractivity contribution in [1.82, 2.24) is 14.5 Å². The van der Waals surface area contributed by atoms with Crippen molar-refractivity contribution in [3.05, 3.63) is 22.6 Å². The van der Waals surface area contributed by atoms with E-state index < -0.39 is 0 Å². The molecule has 5 heteroatoms. The van der Waals surface area contributed by atoms with Crippen LogP contribution in [-0.4, -0.2) is 20.4 Å². The summed E-state index contributed by atoms with van der Waals surface area (Å²) in [5.74, 6) is 2.34. The Kier molecular flexibility index (Phi) is 5.44. The minimum absolute atomic E-state index is 0.397. The number of fused-ring (bicyclic) bond motifs is 1. The molecule has 2 rings (SSSR count). The van der Waals surface area contributed by atoms with Crippen LogP contribution in [0.5, 0.6) is 0 Å². The molecule has 110 valence electrons. The Labute approximate surface area is 133 Å². The number of halogens is 2. The highest BCUT2D eigenvalue weighted by molar-refractivity contribution is 9.10. The molecule has 0 spiro atoms. The lowest BCUT2D eigenvalue weighted by Gasteiger charge is -2.18. The van der Waals surface area contributed by atoms with Gasteiger partial charge in [0, 0.05) is 29.0 Å². The van der Waals surface area contributed by atoms with Gasteiger partial charge in [-0.05, 0) is 47.7 Å². The van der Waals surface area contributed by atoms with Crippen molar-refractivity contribution in [3.63, 3.8) is 0 Å². The molecule has 0 N–H and O–H groups in total. The fourth-order valence-corrected chi connectivity index (χ4v) is 2.92. The molecule has 1 atom stereocenters. The standard InChI is InChI=1S/C15H21BrClN3/c1-10(2)4-5-11(3)20-14(6-7-17)19-13-8-12(16)9-18-15(13)20/h8-11H,4-7H2,1-3H3. The second kappa shape index (κ2) is 6.90. The second-order valence-electron chi connectivity index (χ2n) is 5.65. The average molecular weight is 359 g/mol. The molecule has 0 radical (unpaired) electrons.